The molecule has 0 unspecified atom stereocenters. The Bertz CT molecular complexity index is 523. The summed E-state index contributed by atoms with van der Waals surface area (Å²) in [6.07, 6.45) is 4.69. The molecule has 2 aromatic rings. The van der Waals surface area contributed by atoms with E-state index in [2.05, 4.69) is 44.5 Å². The van der Waals surface area contributed by atoms with E-state index >= 15 is 0 Å². The first-order valence-corrected chi connectivity index (χ1v) is 6.62. The Balaban J connectivity index is 2.49. The van der Waals surface area contributed by atoms with Crippen molar-refractivity contribution in [3.8, 4) is 0 Å². The number of nitrogens with zero attached hydrogens (tertiary/aromatic N) is 2. The van der Waals surface area contributed by atoms with Crippen molar-refractivity contribution in [2.24, 2.45) is 7.05 Å². The maximum Gasteiger partial charge on any atom is 0.109 e. The molecule has 0 bridgehead atoms. The van der Waals surface area contributed by atoms with Gasteiger partial charge in [-0.05, 0) is 43.0 Å². The molecular weight excluding hydrogens is 208 g/mol. The molecule has 0 N–H and O–H groups in total. The maximum atomic E-state index is 4.70. The molecule has 92 valence electrons. The fraction of sp³-hybridized carbons (Fsp3) is 0.533. The summed E-state index contributed by atoms with van der Waals surface area (Å²) >= 11 is 0. The standard InChI is InChI=1S/C15H22N2/c1-5-7-8-12-10-13-14(9-11(12)3)17(4)15(6-2)16-13/h9-10H,5-8H2,1-4H3. The SMILES string of the molecule is CCCCc1cc2nc(CC)n(C)c2cc1C. The normalized spacial score (nSPS) is 11.3. The van der Waals surface area contributed by atoms with Gasteiger partial charge in [0.1, 0.15) is 5.82 Å². The second kappa shape index (κ2) is 4.91. The zero-order valence-corrected chi connectivity index (χ0v) is 11.4. The lowest BCUT2D eigenvalue weighted by molar-refractivity contribution is 0.792. The summed E-state index contributed by atoms with van der Waals surface area (Å²) in [5.41, 5.74) is 5.28. The summed E-state index contributed by atoms with van der Waals surface area (Å²) in [6, 6.07) is 4.56. The van der Waals surface area contributed by atoms with Gasteiger partial charge in [0.15, 0.2) is 0 Å². The first-order chi connectivity index (χ1) is 8.17. The van der Waals surface area contributed by atoms with E-state index in [4.69, 9.17) is 4.98 Å². The quantitative estimate of drug-likeness (QED) is 0.781. The van der Waals surface area contributed by atoms with Gasteiger partial charge in [-0.25, -0.2) is 4.98 Å². The molecule has 2 heteroatoms. The first-order valence-electron chi connectivity index (χ1n) is 6.62. The van der Waals surface area contributed by atoms with Crippen molar-refractivity contribution in [2.75, 3.05) is 0 Å². The zero-order valence-electron chi connectivity index (χ0n) is 11.4. The van der Waals surface area contributed by atoms with Crippen LogP contribution in [0.25, 0.3) is 11.0 Å². The minimum absolute atomic E-state index is 0.995. The molecular formula is C15H22N2. The highest BCUT2D eigenvalue weighted by molar-refractivity contribution is 5.78. The van der Waals surface area contributed by atoms with Gasteiger partial charge < -0.3 is 4.57 Å². The maximum absolute atomic E-state index is 4.70. The number of hydrogen-bond acceptors (Lipinski definition) is 1. The topological polar surface area (TPSA) is 17.8 Å². The van der Waals surface area contributed by atoms with Crippen LogP contribution in [0.4, 0.5) is 0 Å². The predicted octanol–water partition coefficient (Wildman–Crippen LogP) is 3.79. The second-order valence-electron chi connectivity index (χ2n) is 4.81. The number of hydrogen-bond donors (Lipinski definition) is 0. The van der Waals surface area contributed by atoms with Gasteiger partial charge in [0, 0.05) is 13.5 Å². The Morgan fingerprint density at radius 3 is 2.65 bits per heavy atom. The fourth-order valence-corrected chi connectivity index (χ4v) is 2.39. The van der Waals surface area contributed by atoms with Crippen LogP contribution in [0.2, 0.25) is 0 Å². The van der Waals surface area contributed by atoms with E-state index in [1.165, 1.54) is 41.7 Å². The van der Waals surface area contributed by atoms with Crippen LogP contribution in [0.3, 0.4) is 0 Å². The smallest absolute Gasteiger partial charge is 0.109 e. The van der Waals surface area contributed by atoms with Crippen LogP contribution < -0.4 is 0 Å². The summed E-state index contributed by atoms with van der Waals surface area (Å²) in [7, 11) is 2.11. The number of fused-ring (bicyclic) bond motifs is 1. The molecule has 2 nitrogen and oxygen atoms in total. The van der Waals surface area contributed by atoms with Gasteiger partial charge in [0.2, 0.25) is 0 Å². The lowest BCUT2D eigenvalue weighted by Gasteiger charge is -2.06. The Kier molecular flexibility index (Phi) is 3.51. The highest BCUT2D eigenvalue weighted by atomic mass is 15.1. The average Bonchev–Trinajstić information content (AvgIpc) is 2.63. The van der Waals surface area contributed by atoms with Gasteiger partial charge >= 0.3 is 0 Å². The van der Waals surface area contributed by atoms with Crippen molar-refractivity contribution in [1.29, 1.82) is 0 Å². The molecule has 0 saturated carbocycles. The number of imidazole rings is 1. The van der Waals surface area contributed by atoms with Crippen molar-refractivity contribution in [1.82, 2.24) is 9.55 Å². The fourth-order valence-electron chi connectivity index (χ4n) is 2.39. The summed E-state index contributed by atoms with van der Waals surface area (Å²) < 4.78 is 2.21. The molecule has 1 aromatic heterocycles. The van der Waals surface area contributed by atoms with Crippen LogP contribution in [0.1, 0.15) is 43.6 Å². The third kappa shape index (κ3) is 2.21. The molecule has 17 heavy (non-hydrogen) atoms. The Morgan fingerprint density at radius 1 is 1.24 bits per heavy atom. The monoisotopic (exact) mass is 230 g/mol. The van der Waals surface area contributed by atoms with Crippen LogP contribution in [-0.4, -0.2) is 9.55 Å². The van der Waals surface area contributed by atoms with Crippen LogP contribution in [0, 0.1) is 6.92 Å². The van der Waals surface area contributed by atoms with Gasteiger partial charge in [0.25, 0.3) is 0 Å². The van der Waals surface area contributed by atoms with E-state index in [0.29, 0.717) is 0 Å². The lowest BCUT2D eigenvalue weighted by Crippen LogP contribution is -1.95. The Morgan fingerprint density at radius 2 is 2.00 bits per heavy atom. The summed E-state index contributed by atoms with van der Waals surface area (Å²) in [6.45, 7) is 6.61. The Hall–Kier alpha value is -1.31. The molecule has 2 rings (SSSR count). The van der Waals surface area contributed by atoms with E-state index in [0.717, 1.165) is 11.9 Å². The molecule has 0 saturated heterocycles. The molecule has 1 aromatic carbocycles. The summed E-state index contributed by atoms with van der Waals surface area (Å²) in [5.74, 6) is 1.17. The number of aryl methyl sites for hydroxylation is 4. The van der Waals surface area contributed by atoms with Gasteiger partial charge in [-0.3, -0.25) is 0 Å². The molecule has 0 amide bonds. The molecule has 0 aliphatic rings. The highest BCUT2D eigenvalue weighted by Gasteiger charge is 2.08. The highest BCUT2D eigenvalue weighted by Crippen LogP contribution is 2.21. The second-order valence-corrected chi connectivity index (χ2v) is 4.81. The minimum Gasteiger partial charge on any atom is -0.331 e. The van der Waals surface area contributed by atoms with E-state index in [9.17, 15) is 0 Å². The van der Waals surface area contributed by atoms with Gasteiger partial charge in [-0.15, -0.1) is 0 Å². The summed E-state index contributed by atoms with van der Waals surface area (Å²) in [4.78, 5) is 4.70. The van der Waals surface area contributed by atoms with Gasteiger partial charge in [-0.2, -0.15) is 0 Å². The van der Waals surface area contributed by atoms with E-state index in [-0.39, 0.29) is 0 Å². The third-order valence-electron chi connectivity index (χ3n) is 3.55. The number of benzene rings is 1. The largest absolute Gasteiger partial charge is 0.331 e. The van der Waals surface area contributed by atoms with E-state index in [1.807, 2.05) is 0 Å². The molecule has 0 aliphatic carbocycles. The predicted molar refractivity (Wildman–Crippen MR) is 73.4 cm³/mol. The van der Waals surface area contributed by atoms with Gasteiger partial charge in [-0.1, -0.05) is 20.3 Å². The molecule has 0 radical (unpaired) electrons. The molecule has 0 spiro atoms. The Labute approximate surface area is 104 Å². The van der Waals surface area contributed by atoms with Crippen LogP contribution >= 0.6 is 0 Å². The third-order valence-corrected chi connectivity index (χ3v) is 3.55. The summed E-state index contributed by atoms with van der Waals surface area (Å²) in [5, 5.41) is 0. The van der Waals surface area contributed by atoms with Crippen molar-refractivity contribution >= 4 is 11.0 Å². The van der Waals surface area contributed by atoms with Crippen molar-refractivity contribution in [2.45, 2.75) is 46.5 Å². The van der Waals surface area contributed by atoms with Crippen molar-refractivity contribution in [3.63, 3.8) is 0 Å². The van der Waals surface area contributed by atoms with Crippen LogP contribution in [0.5, 0.6) is 0 Å². The van der Waals surface area contributed by atoms with Gasteiger partial charge in [0.05, 0.1) is 11.0 Å². The minimum atomic E-state index is 0.995. The number of rotatable bonds is 4. The van der Waals surface area contributed by atoms with Crippen molar-refractivity contribution < 1.29 is 0 Å². The lowest BCUT2D eigenvalue weighted by atomic mass is 10.0. The average molecular weight is 230 g/mol. The van der Waals surface area contributed by atoms with E-state index in [1.54, 1.807) is 0 Å². The molecule has 0 aliphatic heterocycles. The zero-order chi connectivity index (χ0) is 12.4. The molecule has 0 atom stereocenters. The van der Waals surface area contributed by atoms with Crippen molar-refractivity contribution in [3.05, 3.63) is 29.1 Å². The molecule has 1 heterocycles. The first kappa shape index (κ1) is 12.2. The van der Waals surface area contributed by atoms with Crippen LogP contribution in [0.15, 0.2) is 12.1 Å². The molecule has 0 fully saturated rings. The van der Waals surface area contributed by atoms with Crippen LogP contribution in [-0.2, 0) is 19.9 Å². The number of aromatic nitrogens is 2. The number of unbranched alkanes of at least 4 members (excludes halogenated alkanes) is 1. The van der Waals surface area contributed by atoms with E-state index < -0.39 is 0 Å².